The predicted molar refractivity (Wildman–Crippen MR) is 102 cm³/mol. The van der Waals surface area contributed by atoms with Crippen molar-refractivity contribution < 1.29 is 14.6 Å². The number of carbonyl (C=O) groups is 1. The van der Waals surface area contributed by atoms with Crippen LogP contribution in [0.2, 0.25) is 0 Å². The second-order valence-electron chi connectivity index (χ2n) is 6.30. The third-order valence-electron chi connectivity index (χ3n) is 4.65. The van der Waals surface area contributed by atoms with Gasteiger partial charge in [0.1, 0.15) is 11.4 Å². The first-order valence-corrected chi connectivity index (χ1v) is 9.90. The quantitative estimate of drug-likeness (QED) is 0.804. The summed E-state index contributed by atoms with van der Waals surface area (Å²) in [6.07, 6.45) is 0.637. The zero-order valence-electron chi connectivity index (χ0n) is 15.0. The maximum atomic E-state index is 12.6. The number of hydrogen-bond donors (Lipinski definition) is 1. The molecular formula is C19H25N3O3S. The first-order valence-electron chi connectivity index (χ1n) is 8.96. The Morgan fingerprint density at radius 1 is 1.38 bits per heavy atom. The molecule has 6 nitrogen and oxygen atoms in total. The largest absolute Gasteiger partial charge is 0.494 e. The number of piperazine rings is 1. The van der Waals surface area contributed by atoms with Gasteiger partial charge in [0.15, 0.2) is 0 Å². The van der Waals surface area contributed by atoms with Gasteiger partial charge in [-0.3, -0.25) is 9.69 Å². The van der Waals surface area contributed by atoms with E-state index in [4.69, 9.17) is 4.74 Å². The van der Waals surface area contributed by atoms with E-state index < -0.39 is 0 Å². The van der Waals surface area contributed by atoms with E-state index in [9.17, 15) is 9.90 Å². The molecule has 0 saturated carbocycles. The monoisotopic (exact) mass is 375 g/mol. The third kappa shape index (κ3) is 4.41. The van der Waals surface area contributed by atoms with E-state index in [-0.39, 0.29) is 18.6 Å². The van der Waals surface area contributed by atoms with Crippen molar-refractivity contribution in [3.05, 3.63) is 46.4 Å². The average molecular weight is 375 g/mol. The lowest BCUT2D eigenvalue weighted by molar-refractivity contribution is 0.0388. The van der Waals surface area contributed by atoms with Crippen LogP contribution in [0.3, 0.4) is 0 Å². The number of para-hydroxylation sites is 1. The molecule has 7 heteroatoms. The van der Waals surface area contributed by atoms with Gasteiger partial charge in [0, 0.05) is 49.8 Å². The number of rotatable bonds is 7. The van der Waals surface area contributed by atoms with E-state index in [0.29, 0.717) is 31.8 Å². The minimum absolute atomic E-state index is 0.0245. The number of aliphatic hydroxyl groups excluding tert-OH is 1. The maximum absolute atomic E-state index is 12.6. The first-order chi connectivity index (χ1) is 12.7. The van der Waals surface area contributed by atoms with Crippen LogP contribution in [-0.2, 0) is 6.54 Å². The average Bonchev–Trinajstić information content (AvgIpc) is 3.19. The lowest BCUT2D eigenvalue weighted by atomic mass is 10.1. The van der Waals surface area contributed by atoms with Gasteiger partial charge in [-0.2, -0.15) is 0 Å². The van der Waals surface area contributed by atoms with Crippen LogP contribution < -0.4 is 4.74 Å². The summed E-state index contributed by atoms with van der Waals surface area (Å²) in [4.78, 5) is 20.9. The second kappa shape index (κ2) is 9.12. The smallest absolute Gasteiger partial charge is 0.273 e. The number of hydrogen-bond acceptors (Lipinski definition) is 6. The van der Waals surface area contributed by atoms with Gasteiger partial charge in [0.05, 0.1) is 12.1 Å². The number of nitrogens with zero attached hydrogens (tertiary/aromatic N) is 3. The molecule has 0 radical (unpaired) electrons. The molecule has 2 heterocycles. The number of aromatic nitrogens is 1. The summed E-state index contributed by atoms with van der Waals surface area (Å²) in [5.41, 5.74) is 3.32. The lowest BCUT2D eigenvalue weighted by Crippen LogP contribution is -2.54. The molecule has 1 atom stereocenters. The van der Waals surface area contributed by atoms with Crippen molar-refractivity contribution in [3.8, 4) is 5.75 Å². The molecule has 0 aliphatic carbocycles. The number of amides is 1. The summed E-state index contributed by atoms with van der Waals surface area (Å²) in [6.45, 7) is 5.50. The summed E-state index contributed by atoms with van der Waals surface area (Å²) in [6, 6.07) is 8.17. The van der Waals surface area contributed by atoms with Crippen LogP contribution in [0.15, 0.2) is 35.2 Å². The van der Waals surface area contributed by atoms with Gasteiger partial charge >= 0.3 is 0 Å². The van der Waals surface area contributed by atoms with Crippen LogP contribution >= 0.6 is 11.3 Å². The van der Waals surface area contributed by atoms with E-state index in [0.717, 1.165) is 24.4 Å². The number of ether oxygens (including phenoxy) is 1. The van der Waals surface area contributed by atoms with Crippen LogP contribution in [0.4, 0.5) is 0 Å². The summed E-state index contributed by atoms with van der Waals surface area (Å²) < 4.78 is 5.73. The Morgan fingerprint density at radius 2 is 2.23 bits per heavy atom. The van der Waals surface area contributed by atoms with Crippen LogP contribution in [0.1, 0.15) is 29.4 Å². The van der Waals surface area contributed by atoms with E-state index in [1.54, 1.807) is 10.9 Å². The fraction of sp³-hybridized carbons (Fsp3) is 0.474. The molecule has 0 unspecified atom stereocenters. The molecule has 0 spiro atoms. The fourth-order valence-electron chi connectivity index (χ4n) is 3.34. The van der Waals surface area contributed by atoms with Gasteiger partial charge < -0.3 is 14.7 Å². The fourth-order valence-corrected chi connectivity index (χ4v) is 3.86. The standard InChI is InChI=1S/C19H25N3O3S/c1-2-25-18-6-4-3-5-15(18)11-21-8-9-22(12-16(21)7-10-23)19(24)17-13-26-14-20-17/h3-6,13-14,16,23H,2,7-12H2,1H3/t16-/m0/s1. The Bertz CT molecular complexity index is 708. The molecule has 26 heavy (non-hydrogen) atoms. The summed E-state index contributed by atoms with van der Waals surface area (Å²) >= 11 is 1.43. The van der Waals surface area contributed by atoms with Gasteiger partial charge in [-0.15, -0.1) is 11.3 Å². The van der Waals surface area contributed by atoms with Crippen molar-refractivity contribution in [1.82, 2.24) is 14.8 Å². The van der Waals surface area contributed by atoms with Crippen LogP contribution in [-0.4, -0.2) is 64.7 Å². The molecular weight excluding hydrogens is 350 g/mol. The minimum atomic E-state index is -0.0245. The minimum Gasteiger partial charge on any atom is -0.494 e. The molecule has 1 aromatic carbocycles. The normalized spacial score (nSPS) is 18.1. The Morgan fingerprint density at radius 3 is 2.96 bits per heavy atom. The van der Waals surface area contributed by atoms with Crippen molar-refractivity contribution >= 4 is 17.2 Å². The Labute approximate surface area is 158 Å². The molecule has 3 rings (SSSR count). The van der Waals surface area contributed by atoms with Gasteiger partial charge in [-0.25, -0.2) is 4.98 Å². The molecule has 1 N–H and O–H groups in total. The topological polar surface area (TPSA) is 65.9 Å². The van der Waals surface area contributed by atoms with Crippen molar-refractivity contribution in [3.63, 3.8) is 0 Å². The zero-order valence-corrected chi connectivity index (χ0v) is 15.8. The van der Waals surface area contributed by atoms with Crippen LogP contribution in [0.25, 0.3) is 0 Å². The van der Waals surface area contributed by atoms with Gasteiger partial charge in [-0.05, 0) is 19.4 Å². The molecule has 1 aromatic heterocycles. The number of benzene rings is 1. The summed E-state index contributed by atoms with van der Waals surface area (Å²) in [5.74, 6) is 0.877. The number of carbonyl (C=O) groups excluding carboxylic acids is 1. The van der Waals surface area contributed by atoms with Crippen molar-refractivity contribution in [2.45, 2.75) is 25.9 Å². The lowest BCUT2D eigenvalue weighted by Gasteiger charge is -2.41. The zero-order chi connectivity index (χ0) is 18.4. The van der Waals surface area contributed by atoms with Gasteiger partial charge in [0.25, 0.3) is 5.91 Å². The maximum Gasteiger partial charge on any atom is 0.273 e. The summed E-state index contributed by atoms with van der Waals surface area (Å²) in [7, 11) is 0. The van der Waals surface area contributed by atoms with Crippen molar-refractivity contribution in [2.75, 3.05) is 32.8 Å². The first kappa shape index (κ1) is 18.8. The van der Waals surface area contributed by atoms with Crippen LogP contribution in [0.5, 0.6) is 5.75 Å². The van der Waals surface area contributed by atoms with Crippen LogP contribution in [0, 0.1) is 0 Å². The molecule has 1 aliphatic rings. The van der Waals surface area contributed by atoms with Crippen molar-refractivity contribution in [2.24, 2.45) is 0 Å². The Hall–Kier alpha value is -1.96. The SMILES string of the molecule is CCOc1ccccc1CN1CCN(C(=O)c2cscn2)C[C@@H]1CCO. The third-order valence-corrected chi connectivity index (χ3v) is 5.24. The Balaban J connectivity index is 1.70. The van der Waals surface area contributed by atoms with E-state index in [2.05, 4.69) is 16.0 Å². The molecule has 1 saturated heterocycles. The molecule has 140 valence electrons. The van der Waals surface area contributed by atoms with E-state index in [1.165, 1.54) is 11.3 Å². The highest BCUT2D eigenvalue weighted by atomic mass is 32.1. The highest BCUT2D eigenvalue weighted by molar-refractivity contribution is 7.07. The molecule has 2 aromatic rings. The van der Waals surface area contributed by atoms with Crippen molar-refractivity contribution in [1.29, 1.82) is 0 Å². The molecule has 0 bridgehead atoms. The molecule has 1 fully saturated rings. The number of aliphatic hydroxyl groups is 1. The predicted octanol–water partition coefficient (Wildman–Crippen LogP) is 2.25. The summed E-state index contributed by atoms with van der Waals surface area (Å²) in [5, 5.41) is 11.3. The Kier molecular flexibility index (Phi) is 6.60. The molecule has 1 amide bonds. The van der Waals surface area contributed by atoms with Gasteiger partial charge in [-0.1, -0.05) is 18.2 Å². The second-order valence-corrected chi connectivity index (χ2v) is 7.02. The highest BCUT2D eigenvalue weighted by Crippen LogP contribution is 2.24. The highest BCUT2D eigenvalue weighted by Gasteiger charge is 2.30. The molecule has 1 aliphatic heterocycles. The van der Waals surface area contributed by atoms with E-state index >= 15 is 0 Å². The number of thiazole rings is 1. The van der Waals surface area contributed by atoms with E-state index in [1.807, 2.05) is 30.0 Å². The van der Waals surface area contributed by atoms with Gasteiger partial charge in [0.2, 0.25) is 0 Å².